The summed E-state index contributed by atoms with van der Waals surface area (Å²) in [7, 11) is 0. The lowest BCUT2D eigenvalue weighted by atomic mass is 10.1. The Morgan fingerprint density at radius 1 is 1.26 bits per heavy atom. The first-order valence-electron chi connectivity index (χ1n) is 6.84. The fourth-order valence-corrected chi connectivity index (χ4v) is 2.67. The molecule has 1 saturated carbocycles. The third kappa shape index (κ3) is 3.76. The van der Waals surface area contributed by atoms with Crippen LogP contribution < -0.4 is 5.32 Å². The van der Waals surface area contributed by atoms with Crippen LogP contribution in [-0.4, -0.2) is 46.9 Å². The summed E-state index contributed by atoms with van der Waals surface area (Å²) in [6, 6.07) is 0. The van der Waals surface area contributed by atoms with Crippen molar-refractivity contribution in [1.82, 2.24) is 10.2 Å². The standard InChI is InChI=1S/C13H20N2O4/c16-10-2-1-9(7-10)8-14-11(17)5-6-15-12(18)3-4-13(15)19/h9-10,16H,1-8H2,(H,14,17). The van der Waals surface area contributed by atoms with Gasteiger partial charge in [-0.25, -0.2) is 0 Å². The van der Waals surface area contributed by atoms with Gasteiger partial charge in [0.2, 0.25) is 17.7 Å². The fourth-order valence-electron chi connectivity index (χ4n) is 2.67. The summed E-state index contributed by atoms with van der Waals surface area (Å²) in [6.45, 7) is 0.745. The predicted molar refractivity (Wildman–Crippen MR) is 66.9 cm³/mol. The van der Waals surface area contributed by atoms with Crippen LogP contribution in [0.3, 0.4) is 0 Å². The zero-order valence-corrected chi connectivity index (χ0v) is 10.9. The first-order valence-corrected chi connectivity index (χ1v) is 6.84. The second-order valence-corrected chi connectivity index (χ2v) is 5.33. The van der Waals surface area contributed by atoms with E-state index >= 15 is 0 Å². The Morgan fingerprint density at radius 2 is 1.95 bits per heavy atom. The van der Waals surface area contributed by atoms with Crippen LogP contribution in [0.5, 0.6) is 0 Å². The molecule has 2 fully saturated rings. The van der Waals surface area contributed by atoms with Crippen LogP contribution in [-0.2, 0) is 14.4 Å². The minimum Gasteiger partial charge on any atom is -0.393 e. The fraction of sp³-hybridized carbons (Fsp3) is 0.769. The maximum Gasteiger partial charge on any atom is 0.229 e. The van der Waals surface area contributed by atoms with Gasteiger partial charge in [-0.3, -0.25) is 19.3 Å². The highest BCUT2D eigenvalue weighted by Crippen LogP contribution is 2.24. The van der Waals surface area contributed by atoms with Crippen LogP contribution in [0.25, 0.3) is 0 Å². The minimum atomic E-state index is -0.234. The number of imide groups is 1. The third-order valence-corrected chi connectivity index (χ3v) is 3.82. The van der Waals surface area contributed by atoms with Crippen LogP contribution in [0.2, 0.25) is 0 Å². The molecule has 0 spiro atoms. The van der Waals surface area contributed by atoms with E-state index in [2.05, 4.69) is 5.32 Å². The molecule has 2 aliphatic rings. The molecule has 19 heavy (non-hydrogen) atoms. The summed E-state index contributed by atoms with van der Waals surface area (Å²) in [5.74, 6) is -0.170. The lowest BCUT2D eigenvalue weighted by Crippen LogP contribution is -2.35. The van der Waals surface area contributed by atoms with Crippen molar-refractivity contribution < 1.29 is 19.5 Å². The van der Waals surface area contributed by atoms with Crippen molar-refractivity contribution in [2.45, 2.75) is 44.6 Å². The van der Waals surface area contributed by atoms with Crippen molar-refractivity contribution >= 4 is 17.7 Å². The van der Waals surface area contributed by atoms with Crippen molar-refractivity contribution in [1.29, 1.82) is 0 Å². The Balaban J connectivity index is 1.64. The molecule has 2 N–H and O–H groups in total. The second-order valence-electron chi connectivity index (χ2n) is 5.33. The Hall–Kier alpha value is -1.43. The van der Waals surface area contributed by atoms with Crippen molar-refractivity contribution in [3.63, 3.8) is 0 Å². The van der Waals surface area contributed by atoms with E-state index < -0.39 is 0 Å². The van der Waals surface area contributed by atoms with Gasteiger partial charge >= 0.3 is 0 Å². The summed E-state index contributed by atoms with van der Waals surface area (Å²) >= 11 is 0. The van der Waals surface area contributed by atoms with E-state index in [1.807, 2.05) is 0 Å². The number of amides is 3. The highest BCUT2D eigenvalue weighted by Gasteiger charge is 2.29. The first-order chi connectivity index (χ1) is 9.06. The SMILES string of the molecule is O=C(CCN1C(=O)CCC1=O)NCC1CCC(O)C1. The lowest BCUT2D eigenvalue weighted by molar-refractivity contribution is -0.138. The topological polar surface area (TPSA) is 86.7 Å². The number of carbonyl (C=O) groups excluding carboxylic acids is 3. The second kappa shape index (κ2) is 6.14. The van der Waals surface area contributed by atoms with Gasteiger partial charge < -0.3 is 10.4 Å². The van der Waals surface area contributed by atoms with Gasteiger partial charge in [0.05, 0.1) is 6.10 Å². The lowest BCUT2D eigenvalue weighted by Gasteiger charge is -2.14. The molecule has 0 bridgehead atoms. The van der Waals surface area contributed by atoms with Crippen LogP contribution in [0.1, 0.15) is 38.5 Å². The van der Waals surface area contributed by atoms with Crippen molar-refractivity contribution in [2.75, 3.05) is 13.1 Å². The molecule has 0 aromatic rings. The van der Waals surface area contributed by atoms with E-state index in [4.69, 9.17) is 0 Å². The van der Waals surface area contributed by atoms with E-state index in [9.17, 15) is 19.5 Å². The smallest absolute Gasteiger partial charge is 0.229 e. The van der Waals surface area contributed by atoms with Gasteiger partial charge in [-0.15, -0.1) is 0 Å². The highest BCUT2D eigenvalue weighted by atomic mass is 16.3. The molecule has 1 saturated heterocycles. The molecular formula is C13H20N2O4. The molecule has 2 unspecified atom stereocenters. The van der Waals surface area contributed by atoms with Gasteiger partial charge in [-0.05, 0) is 25.2 Å². The van der Waals surface area contributed by atoms with Gasteiger partial charge in [0.25, 0.3) is 0 Å². The summed E-state index contributed by atoms with van der Waals surface area (Å²) in [6.07, 6.45) is 2.93. The number of carbonyl (C=O) groups is 3. The maximum absolute atomic E-state index is 11.6. The van der Waals surface area contributed by atoms with E-state index in [0.29, 0.717) is 12.5 Å². The largest absolute Gasteiger partial charge is 0.393 e. The minimum absolute atomic E-state index is 0.145. The Labute approximate surface area is 112 Å². The Kier molecular flexibility index (Phi) is 4.52. The number of likely N-dealkylation sites (tertiary alicyclic amines) is 1. The van der Waals surface area contributed by atoms with Crippen LogP contribution in [0, 0.1) is 5.92 Å². The number of nitrogens with zero attached hydrogens (tertiary/aromatic N) is 1. The molecule has 0 aromatic heterocycles. The number of aliphatic hydroxyl groups is 1. The van der Waals surface area contributed by atoms with Crippen molar-refractivity contribution in [3.8, 4) is 0 Å². The molecule has 106 valence electrons. The van der Waals surface area contributed by atoms with Crippen molar-refractivity contribution in [3.05, 3.63) is 0 Å². The molecule has 2 rings (SSSR count). The monoisotopic (exact) mass is 268 g/mol. The molecule has 1 aliphatic carbocycles. The number of aliphatic hydroxyl groups excluding tert-OH is 1. The molecule has 2 atom stereocenters. The summed E-state index contributed by atoms with van der Waals surface area (Å²) in [5, 5.41) is 12.2. The number of rotatable bonds is 5. The van der Waals surface area contributed by atoms with Gasteiger partial charge in [-0.1, -0.05) is 0 Å². The first kappa shape index (κ1) is 14.0. The molecule has 6 nitrogen and oxygen atoms in total. The number of hydrogen-bond donors (Lipinski definition) is 2. The Bertz CT molecular complexity index is 367. The van der Waals surface area contributed by atoms with Crippen LogP contribution in [0.4, 0.5) is 0 Å². The van der Waals surface area contributed by atoms with Gasteiger partial charge in [-0.2, -0.15) is 0 Å². The number of hydrogen-bond acceptors (Lipinski definition) is 4. The highest BCUT2D eigenvalue weighted by molar-refractivity contribution is 6.02. The molecule has 1 aliphatic heterocycles. The van der Waals surface area contributed by atoms with E-state index in [0.717, 1.165) is 19.3 Å². The van der Waals surface area contributed by atoms with Crippen molar-refractivity contribution in [2.24, 2.45) is 5.92 Å². The van der Waals surface area contributed by atoms with Gasteiger partial charge in [0.1, 0.15) is 0 Å². The average molecular weight is 268 g/mol. The molecule has 1 heterocycles. The normalized spacial score (nSPS) is 27.1. The van der Waals surface area contributed by atoms with E-state index in [-0.39, 0.29) is 49.6 Å². The van der Waals surface area contributed by atoms with Crippen LogP contribution >= 0.6 is 0 Å². The average Bonchev–Trinajstić information content (AvgIpc) is 2.92. The molecule has 6 heteroatoms. The predicted octanol–water partition coefficient (Wildman–Crippen LogP) is -0.197. The zero-order chi connectivity index (χ0) is 13.8. The third-order valence-electron chi connectivity index (χ3n) is 3.82. The summed E-state index contributed by atoms with van der Waals surface area (Å²) < 4.78 is 0. The molecule has 0 aromatic carbocycles. The van der Waals surface area contributed by atoms with E-state index in [1.54, 1.807) is 0 Å². The zero-order valence-electron chi connectivity index (χ0n) is 10.9. The Morgan fingerprint density at radius 3 is 2.53 bits per heavy atom. The molecular weight excluding hydrogens is 248 g/mol. The molecule has 0 radical (unpaired) electrons. The number of nitrogens with one attached hydrogen (secondary N) is 1. The molecule has 3 amide bonds. The van der Waals surface area contributed by atoms with Crippen LogP contribution in [0.15, 0.2) is 0 Å². The van der Waals surface area contributed by atoms with E-state index in [1.165, 1.54) is 4.90 Å². The van der Waals surface area contributed by atoms with Gasteiger partial charge in [0.15, 0.2) is 0 Å². The maximum atomic E-state index is 11.6. The quantitative estimate of drug-likeness (QED) is 0.676. The summed E-state index contributed by atoms with van der Waals surface area (Å²) in [4.78, 5) is 35.5. The summed E-state index contributed by atoms with van der Waals surface area (Å²) in [5.41, 5.74) is 0. The van der Waals surface area contributed by atoms with Gasteiger partial charge in [0, 0.05) is 32.4 Å².